The predicted octanol–water partition coefficient (Wildman–Crippen LogP) is 4.05. The van der Waals surface area contributed by atoms with E-state index in [0.717, 1.165) is 22.6 Å². The molecule has 1 atom stereocenters. The van der Waals surface area contributed by atoms with Crippen LogP contribution in [-0.2, 0) is 14.3 Å². The number of allylic oxidation sites excluding steroid dienone is 3. The predicted molar refractivity (Wildman–Crippen MR) is 115 cm³/mol. The van der Waals surface area contributed by atoms with Crippen molar-refractivity contribution in [1.29, 1.82) is 0 Å². The molecule has 1 aliphatic heterocycles. The molecule has 0 unspecified atom stereocenters. The molecule has 1 heterocycles. The molecule has 0 spiro atoms. The van der Waals surface area contributed by atoms with E-state index in [1.54, 1.807) is 25.3 Å². The standard InChI is InChI=1S/C24H24N2O4/c1-3-4-6-11-24(28)30-17-23(27)26-22(19-12-14-20(29-2)15-13-19)16-21(25-26)18-9-7-5-8-10-18/h3-15,22H,16-17H2,1-2H3/b4-3+,11-6+/t22-/m0/s1. The Morgan fingerprint density at radius 2 is 1.83 bits per heavy atom. The lowest BCUT2D eigenvalue weighted by Crippen LogP contribution is -2.31. The van der Waals surface area contributed by atoms with Crippen LogP contribution >= 0.6 is 0 Å². The van der Waals surface area contributed by atoms with Crippen LogP contribution in [0.3, 0.4) is 0 Å². The van der Waals surface area contributed by atoms with Gasteiger partial charge in [0.1, 0.15) is 5.75 Å². The van der Waals surface area contributed by atoms with Gasteiger partial charge in [-0.3, -0.25) is 4.79 Å². The molecule has 6 nitrogen and oxygen atoms in total. The molecule has 3 rings (SSSR count). The second-order valence-electron chi connectivity index (χ2n) is 6.64. The van der Waals surface area contributed by atoms with E-state index in [1.165, 1.54) is 11.1 Å². The topological polar surface area (TPSA) is 68.2 Å². The van der Waals surface area contributed by atoms with Gasteiger partial charge in [-0.05, 0) is 30.2 Å². The maximum atomic E-state index is 12.8. The van der Waals surface area contributed by atoms with Gasteiger partial charge in [-0.2, -0.15) is 5.10 Å². The van der Waals surface area contributed by atoms with E-state index in [1.807, 2.05) is 61.5 Å². The highest BCUT2D eigenvalue weighted by Gasteiger charge is 2.33. The monoisotopic (exact) mass is 404 g/mol. The molecule has 0 fully saturated rings. The lowest BCUT2D eigenvalue weighted by molar-refractivity contribution is -0.149. The third kappa shape index (κ3) is 5.23. The summed E-state index contributed by atoms with van der Waals surface area (Å²) >= 11 is 0. The highest BCUT2D eigenvalue weighted by atomic mass is 16.5. The second kappa shape index (κ2) is 10.2. The Morgan fingerprint density at radius 1 is 1.10 bits per heavy atom. The molecular formula is C24H24N2O4. The highest BCUT2D eigenvalue weighted by Crippen LogP contribution is 2.33. The summed E-state index contributed by atoms with van der Waals surface area (Å²) in [4.78, 5) is 24.6. The van der Waals surface area contributed by atoms with Crippen LogP contribution in [0.25, 0.3) is 0 Å². The van der Waals surface area contributed by atoms with E-state index < -0.39 is 5.97 Å². The second-order valence-corrected chi connectivity index (χ2v) is 6.64. The van der Waals surface area contributed by atoms with Crippen LogP contribution in [-0.4, -0.2) is 36.3 Å². The summed E-state index contributed by atoms with van der Waals surface area (Å²) < 4.78 is 10.3. The van der Waals surface area contributed by atoms with Crippen molar-refractivity contribution in [1.82, 2.24) is 5.01 Å². The van der Waals surface area contributed by atoms with Gasteiger partial charge in [0.15, 0.2) is 6.61 Å². The molecule has 0 bridgehead atoms. The van der Waals surface area contributed by atoms with Gasteiger partial charge >= 0.3 is 5.97 Å². The van der Waals surface area contributed by atoms with Gasteiger partial charge in [-0.1, -0.05) is 60.7 Å². The van der Waals surface area contributed by atoms with Gasteiger partial charge in [-0.15, -0.1) is 0 Å². The summed E-state index contributed by atoms with van der Waals surface area (Å²) in [7, 11) is 1.61. The summed E-state index contributed by atoms with van der Waals surface area (Å²) in [6, 6.07) is 17.0. The first-order chi connectivity index (χ1) is 14.6. The van der Waals surface area contributed by atoms with Crippen molar-refractivity contribution < 1.29 is 19.1 Å². The van der Waals surface area contributed by atoms with Gasteiger partial charge in [0.05, 0.1) is 18.9 Å². The van der Waals surface area contributed by atoms with E-state index in [-0.39, 0.29) is 18.6 Å². The molecule has 2 aromatic carbocycles. The van der Waals surface area contributed by atoms with E-state index >= 15 is 0 Å². The summed E-state index contributed by atoms with van der Waals surface area (Å²) in [5, 5.41) is 5.97. The van der Waals surface area contributed by atoms with Gasteiger partial charge in [0, 0.05) is 12.5 Å². The Morgan fingerprint density at radius 3 is 2.50 bits per heavy atom. The fourth-order valence-electron chi connectivity index (χ4n) is 3.12. The Kier molecular flexibility index (Phi) is 7.16. The number of hydrogen-bond acceptors (Lipinski definition) is 5. The average Bonchev–Trinajstić information content (AvgIpc) is 3.24. The van der Waals surface area contributed by atoms with Crippen LogP contribution in [0.15, 0.2) is 84.0 Å². The van der Waals surface area contributed by atoms with Crippen LogP contribution in [0.4, 0.5) is 0 Å². The van der Waals surface area contributed by atoms with Crippen molar-refractivity contribution in [2.45, 2.75) is 19.4 Å². The molecule has 2 aromatic rings. The Balaban J connectivity index is 1.79. The zero-order chi connectivity index (χ0) is 21.3. The summed E-state index contributed by atoms with van der Waals surface area (Å²) in [6.07, 6.45) is 6.90. The first kappa shape index (κ1) is 21.0. The molecule has 1 aliphatic rings. The first-order valence-corrected chi connectivity index (χ1v) is 9.67. The third-order valence-electron chi connectivity index (χ3n) is 4.65. The number of nitrogens with zero attached hydrogens (tertiary/aromatic N) is 2. The molecule has 0 aliphatic carbocycles. The number of rotatable bonds is 7. The zero-order valence-corrected chi connectivity index (χ0v) is 17.0. The minimum absolute atomic E-state index is 0.282. The zero-order valence-electron chi connectivity index (χ0n) is 17.0. The number of benzene rings is 2. The Bertz CT molecular complexity index is 962. The van der Waals surface area contributed by atoms with Crippen molar-refractivity contribution in [3.8, 4) is 5.75 Å². The van der Waals surface area contributed by atoms with Crippen LogP contribution in [0, 0.1) is 0 Å². The lowest BCUT2D eigenvalue weighted by atomic mass is 9.98. The summed E-state index contributed by atoms with van der Waals surface area (Å²) in [5.41, 5.74) is 2.69. The molecule has 0 N–H and O–H groups in total. The number of hydrogen-bond donors (Lipinski definition) is 0. The smallest absolute Gasteiger partial charge is 0.331 e. The van der Waals surface area contributed by atoms with Crippen molar-refractivity contribution in [3.63, 3.8) is 0 Å². The number of hydrazone groups is 1. The minimum atomic E-state index is -0.575. The highest BCUT2D eigenvalue weighted by molar-refractivity contribution is 6.03. The van der Waals surface area contributed by atoms with Gasteiger partial charge in [-0.25, -0.2) is 9.80 Å². The van der Waals surface area contributed by atoms with Crippen molar-refractivity contribution in [3.05, 3.63) is 90.0 Å². The largest absolute Gasteiger partial charge is 0.497 e. The van der Waals surface area contributed by atoms with Crippen molar-refractivity contribution >= 4 is 17.6 Å². The lowest BCUT2D eigenvalue weighted by Gasteiger charge is -2.22. The molecule has 0 saturated heterocycles. The third-order valence-corrected chi connectivity index (χ3v) is 4.65. The van der Waals surface area contributed by atoms with Crippen LogP contribution < -0.4 is 4.74 Å². The number of carbonyl (C=O) groups excluding carboxylic acids is 2. The SMILES string of the molecule is C/C=C/C=C/C(=O)OCC(=O)N1N=C(c2ccccc2)C[C@H]1c1ccc(OC)cc1. The fourth-order valence-corrected chi connectivity index (χ4v) is 3.12. The molecule has 0 saturated carbocycles. The van der Waals surface area contributed by atoms with Crippen LogP contribution in [0.1, 0.15) is 30.5 Å². The number of esters is 1. The molecule has 30 heavy (non-hydrogen) atoms. The van der Waals surface area contributed by atoms with E-state index in [0.29, 0.717) is 6.42 Å². The number of ether oxygens (including phenoxy) is 2. The number of carbonyl (C=O) groups is 2. The number of amides is 1. The van der Waals surface area contributed by atoms with Crippen molar-refractivity contribution in [2.24, 2.45) is 5.10 Å². The minimum Gasteiger partial charge on any atom is -0.497 e. The maximum absolute atomic E-state index is 12.8. The van der Waals surface area contributed by atoms with Gasteiger partial charge < -0.3 is 9.47 Å². The van der Waals surface area contributed by atoms with Crippen molar-refractivity contribution in [2.75, 3.05) is 13.7 Å². The molecule has 1 amide bonds. The van der Waals surface area contributed by atoms with E-state index in [2.05, 4.69) is 5.10 Å². The number of methoxy groups -OCH3 is 1. The Labute approximate surface area is 176 Å². The maximum Gasteiger partial charge on any atom is 0.331 e. The van der Waals surface area contributed by atoms with Gasteiger partial charge in [0.2, 0.25) is 0 Å². The molecule has 0 radical (unpaired) electrons. The van der Waals surface area contributed by atoms with Crippen LogP contribution in [0.5, 0.6) is 5.75 Å². The molecule has 154 valence electrons. The average molecular weight is 404 g/mol. The van der Waals surface area contributed by atoms with E-state index in [4.69, 9.17) is 9.47 Å². The van der Waals surface area contributed by atoms with Crippen LogP contribution in [0.2, 0.25) is 0 Å². The summed E-state index contributed by atoms with van der Waals surface area (Å²) in [6.45, 7) is 1.46. The molecular weight excluding hydrogens is 380 g/mol. The Hall–Kier alpha value is -3.67. The quantitative estimate of drug-likeness (QED) is 0.397. The molecule has 6 heteroatoms. The molecule has 0 aromatic heterocycles. The normalized spacial score (nSPS) is 16.1. The van der Waals surface area contributed by atoms with Gasteiger partial charge in [0.25, 0.3) is 5.91 Å². The van der Waals surface area contributed by atoms with E-state index in [9.17, 15) is 9.59 Å². The summed E-state index contributed by atoms with van der Waals surface area (Å²) in [5.74, 6) is -0.218. The fraction of sp³-hybridized carbons (Fsp3) is 0.208. The first-order valence-electron chi connectivity index (χ1n) is 9.67.